The Morgan fingerprint density at radius 1 is 1.71 bits per heavy atom. The van der Waals surface area contributed by atoms with Gasteiger partial charge in [0.2, 0.25) is 0 Å². The highest BCUT2D eigenvalue weighted by atomic mass is 16.2. The molecule has 1 aromatic rings. The van der Waals surface area contributed by atoms with Crippen LogP contribution >= 0.6 is 0 Å². The molecule has 0 aromatic carbocycles. The Bertz CT molecular complexity index is 418. The largest absolute Gasteiger partial charge is 0.344 e. The van der Waals surface area contributed by atoms with Crippen LogP contribution in [-0.4, -0.2) is 34.3 Å². The number of rotatable bonds is 3. The summed E-state index contributed by atoms with van der Waals surface area (Å²) in [5.74, 6) is -0.0362. The van der Waals surface area contributed by atoms with Gasteiger partial charge >= 0.3 is 0 Å². The first-order valence-corrected chi connectivity index (χ1v) is 6.10. The number of aryl methyl sites for hydroxylation is 2. The van der Waals surface area contributed by atoms with E-state index >= 15 is 0 Å². The van der Waals surface area contributed by atoms with Crippen molar-refractivity contribution in [2.75, 3.05) is 13.1 Å². The summed E-state index contributed by atoms with van der Waals surface area (Å²) in [6.07, 6.45) is 1.82. The fourth-order valence-corrected chi connectivity index (χ4v) is 2.17. The molecule has 94 valence electrons. The fraction of sp³-hybridized carbons (Fsp3) is 0.667. The minimum Gasteiger partial charge on any atom is -0.344 e. The number of hydrogen-bond acceptors (Lipinski definition) is 3. The predicted octanol–water partition coefficient (Wildman–Crippen LogP) is 0.464. The predicted molar refractivity (Wildman–Crippen MR) is 65.9 cm³/mol. The topological polar surface area (TPSA) is 59.0 Å². The third kappa shape index (κ3) is 2.49. The second kappa shape index (κ2) is 4.49. The molecule has 1 fully saturated rings. The molecule has 1 saturated heterocycles. The van der Waals surface area contributed by atoms with Gasteiger partial charge in [0.25, 0.3) is 5.91 Å². The minimum atomic E-state index is -0.131. The standard InChI is InChI=1S/C12H20N4O/c1-4-9-7-10(16(3)15-9)11(17)14-12(2)5-6-13-8-12/h7,13H,4-6,8H2,1-3H3,(H,14,17). The smallest absolute Gasteiger partial charge is 0.270 e. The average Bonchev–Trinajstić information content (AvgIpc) is 2.85. The normalized spacial score (nSPS) is 23.9. The lowest BCUT2D eigenvalue weighted by molar-refractivity contribution is 0.0903. The van der Waals surface area contributed by atoms with E-state index in [0.717, 1.165) is 31.6 Å². The van der Waals surface area contributed by atoms with E-state index in [0.29, 0.717) is 5.69 Å². The molecule has 0 radical (unpaired) electrons. The van der Waals surface area contributed by atoms with E-state index in [1.165, 1.54) is 0 Å². The van der Waals surface area contributed by atoms with Gasteiger partial charge in [-0.05, 0) is 32.4 Å². The molecule has 2 heterocycles. The molecule has 1 aromatic heterocycles. The number of aromatic nitrogens is 2. The lowest BCUT2D eigenvalue weighted by Gasteiger charge is -2.24. The summed E-state index contributed by atoms with van der Waals surface area (Å²) < 4.78 is 1.65. The summed E-state index contributed by atoms with van der Waals surface area (Å²) in [7, 11) is 1.81. The molecule has 0 aliphatic carbocycles. The van der Waals surface area contributed by atoms with Crippen LogP contribution in [0, 0.1) is 0 Å². The van der Waals surface area contributed by atoms with Crippen LogP contribution in [0.3, 0.4) is 0 Å². The molecule has 2 N–H and O–H groups in total. The molecule has 5 nitrogen and oxygen atoms in total. The number of hydrogen-bond donors (Lipinski definition) is 2. The molecule has 0 bridgehead atoms. The molecule has 1 unspecified atom stereocenters. The SMILES string of the molecule is CCc1cc(C(=O)NC2(C)CCNC2)n(C)n1. The summed E-state index contributed by atoms with van der Waals surface area (Å²) >= 11 is 0. The van der Waals surface area contributed by atoms with Crippen molar-refractivity contribution in [2.24, 2.45) is 7.05 Å². The van der Waals surface area contributed by atoms with Crippen molar-refractivity contribution in [2.45, 2.75) is 32.2 Å². The maximum absolute atomic E-state index is 12.2. The Balaban J connectivity index is 2.11. The van der Waals surface area contributed by atoms with Crippen LogP contribution in [0.4, 0.5) is 0 Å². The van der Waals surface area contributed by atoms with E-state index in [1.54, 1.807) is 4.68 Å². The minimum absolute atomic E-state index is 0.0362. The third-order valence-electron chi connectivity index (χ3n) is 3.31. The van der Waals surface area contributed by atoms with Gasteiger partial charge in [-0.1, -0.05) is 6.92 Å². The van der Waals surface area contributed by atoms with Crippen molar-refractivity contribution < 1.29 is 4.79 Å². The van der Waals surface area contributed by atoms with Gasteiger partial charge < -0.3 is 10.6 Å². The van der Waals surface area contributed by atoms with Crippen molar-refractivity contribution in [3.63, 3.8) is 0 Å². The zero-order valence-electron chi connectivity index (χ0n) is 10.7. The van der Waals surface area contributed by atoms with E-state index in [-0.39, 0.29) is 11.4 Å². The molecule has 1 amide bonds. The van der Waals surface area contributed by atoms with Crippen LogP contribution in [0.1, 0.15) is 36.5 Å². The van der Waals surface area contributed by atoms with Crippen LogP contribution in [0.2, 0.25) is 0 Å². The molecule has 1 atom stereocenters. The summed E-state index contributed by atoms with van der Waals surface area (Å²) in [5, 5.41) is 10.6. The van der Waals surface area contributed by atoms with Crippen molar-refractivity contribution in [1.29, 1.82) is 0 Å². The van der Waals surface area contributed by atoms with Crippen molar-refractivity contribution in [3.8, 4) is 0 Å². The van der Waals surface area contributed by atoms with Crippen LogP contribution in [0.25, 0.3) is 0 Å². The fourth-order valence-electron chi connectivity index (χ4n) is 2.17. The molecule has 0 saturated carbocycles. The van der Waals surface area contributed by atoms with Gasteiger partial charge in [-0.2, -0.15) is 5.10 Å². The van der Waals surface area contributed by atoms with Crippen LogP contribution in [-0.2, 0) is 13.5 Å². The Morgan fingerprint density at radius 2 is 2.47 bits per heavy atom. The first kappa shape index (κ1) is 12.1. The summed E-state index contributed by atoms with van der Waals surface area (Å²) in [6.45, 7) is 5.90. The van der Waals surface area contributed by atoms with Crippen LogP contribution < -0.4 is 10.6 Å². The van der Waals surface area contributed by atoms with Crippen molar-refractivity contribution in [3.05, 3.63) is 17.5 Å². The van der Waals surface area contributed by atoms with Gasteiger partial charge in [0, 0.05) is 13.6 Å². The highest BCUT2D eigenvalue weighted by Crippen LogP contribution is 2.14. The molecular formula is C12H20N4O. The highest BCUT2D eigenvalue weighted by Gasteiger charge is 2.31. The second-order valence-electron chi connectivity index (χ2n) is 4.94. The number of nitrogens with zero attached hydrogens (tertiary/aromatic N) is 2. The molecule has 0 spiro atoms. The Kier molecular flexibility index (Phi) is 3.19. The summed E-state index contributed by atoms with van der Waals surface area (Å²) in [6, 6.07) is 1.86. The van der Waals surface area contributed by atoms with Gasteiger partial charge in [-0.15, -0.1) is 0 Å². The van der Waals surface area contributed by atoms with E-state index in [4.69, 9.17) is 0 Å². The molecule has 5 heteroatoms. The summed E-state index contributed by atoms with van der Waals surface area (Å²) in [5.41, 5.74) is 1.45. The zero-order valence-corrected chi connectivity index (χ0v) is 10.7. The quantitative estimate of drug-likeness (QED) is 0.802. The molecular weight excluding hydrogens is 216 g/mol. The Labute approximate surface area is 102 Å². The molecule has 1 aliphatic rings. The number of carbonyl (C=O) groups is 1. The lowest BCUT2D eigenvalue weighted by Crippen LogP contribution is -2.47. The monoisotopic (exact) mass is 236 g/mol. The highest BCUT2D eigenvalue weighted by molar-refractivity contribution is 5.93. The first-order valence-electron chi connectivity index (χ1n) is 6.10. The van der Waals surface area contributed by atoms with Crippen molar-refractivity contribution in [1.82, 2.24) is 20.4 Å². The maximum atomic E-state index is 12.2. The second-order valence-corrected chi connectivity index (χ2v) is 4.94. The number of carbonyl (C=O) groups excluding carboxylic acids is 1. The van der Waals surface area contributed by atoms with Gasteiger partial charge in [0.1, 0.15) is 5.69 Å². The molecule has 2 rings (SSSR count). The first-order chi connectivity index (χ1) is 8.04. The van der Waals surface area contributed by atoms with Crippen molar-refractivity contribution >= 4 is 5.91 Å². The zero-order chi connectivity index (χ0) is 12.5. The third-order valence-corrected chi connectivity index (χ3v) is 3.31. The Morgan fingerprint density at radius 3 is 3.00 bits per heavy atom. The van der Waals surface area contributed by atoms with Gasteiger partial charge in [-0.25, -0.2) is 0 Å². The summed E-state index contributed by atoms with van der Waals surface area (Å²) in [4.78, 5) is 12.2. The van der Waals surface area contributed by atoms with Crippen LogP contribution in [0.15, 0.2) is 6.07 Å². The number of nitrogens with one attached hydrogen (secondary N) is 2. The molecule has 1 aliphatic heterocycles. The maximum Gasteiger partial charge on any atom is 0.270 e. The molecule has 17 heavy (non-hydrogen) atoms. The Hall–Kier alpha value is -1.36. The van der Waals surface area contributed by atoms with E-state index in [2.05, 4.69) is 22.7 Å². The van der Waals surface area contributed by atoms with E-state index in [1.807, 2.05) is 20.0 Å². The lowest BCUT2D eigenvalue weighted by atomic mass is 10.0. The van der Waals surface area contributed by atoms with Gasteiger partial charge in [-0.3, -0.25) is 9.48 Å². The number of amides is 1. The van der Waals surface area contributed by atoms with Gasteiger partial charge in [0.15, 0.2) is 0 Å². The van der Waals surface area contributed by atoms with Crippen LogP contribution in [0.5, 0.6) is 0 Å². The van der Waals surface area contributed by atoms with Gasteiger partial charge in [0.05, 0.1) is 11.2 Å². The van der Waals surface area contributed by atoms with E-state index < -0.39 is 0 Å². The average molecular weight is 236 g/mol. The van der Waals surface area contributed by atoms with E-state index in [9.17, 15) is 4.79 Å².